The van der Waals surface area contributed by atoms with Gasteiger partial charge in [0.1, 0.15) is 6.04 Å². The van der Waals surface area contributed by atoms with Gasteiger partial charge in [0.2, 0.25) is 5.91 Å². The minimum atomic E-state index is -3.41. The average Bonchev–Trinajstić information content (AvgIpc) is 3.28. The standard InChI is InChI=1S/C23H28N2O4S/c1-16(2)21(25-22(26)17-9-4-3-5-10-17)23(27)24-18-11-8-14-20(15-18)30(28,29)19-12-6-7-13-19/h3-5,8-11,14-16,19,21H,6-7,12-13H2,1-2H3,(H,24,27)(H,25,26). The summed E-state index contributed by atoms with van der Waals surface area (Å²) < 4.78 is 25.7. The summed E-state index contributed by atoms with van der Waals surface area (Å²) in [6.07, 6.45) is 3.22. The van der Waals surface area contributed by atoms with E-state index in [2.05, 4.69) is 10.6 Å². The quantitative estimate of drug-likeness (QED) is 0.702. The van der Waals surface area contributed by atoms with Crippen molar-refractivity contribution in [2.75, 3.05) is 5.32 Å². The summed E-state index contributed by atoms with van der Waals surface area (Å²) in [5.74, 6) is -0.866. The maximum absolute atomic E-state index is 12.9. The Labute approximate surface area is 178 Å². The topological polar surface area (TPSA) is 92.3 Å². The molecule has 6 nitrogen and oxygen atoms in total. The van der Waals surface area contributed by atoms with E-state index in [1.807, 2.05) is 19.9 Å². The van der Waals surface area contributed by atoms with E-state index in [-0.39, 0.29) is 27.9 Å². The second-order valence-corrected chi connectivity index (χ2v) is 10.3. The van der Waals surface area contributed by atoms with E-state index in [0.29, 0.717) is 24.1 Å². The molecule has 3 rings (SSSR count). The number of rotatable bonds is 7. The van der Waals surface area contributed by atoms with Crippen molar-refractivity contribution in [1.82, 2.24) is 5.32 Å². The predicted octanol–water partition coefficient (Wildman–Crippen LogP) is 3.80. The molecule has 160 valence electrons. The number of amides is 2. The Kier molecular flexibility index (Phi) is 6.92. The first kappa shape index (κ1) is 22.0. The van der Waals surface area contributed by atoms with Gasteiger partial charge in [0.05, 0.1) is 10.1 Å². The van der Waals surface area contributed by atoms with Crippen LogP contribution in [0, 0.1) is 5.92 Å². The molecule has 2 N–H and O–H groups in total. The van der Waals surface area contributed by atoms with Gasteiger partial charge in [0, 0.05) is 11.3 Å². The molecule has 1 unspecified atom stereocenters. The van der Waals surface area contributed by atoms with E-state index in [1.54, 1.807) is 42.5 Å². The summed E-state index contributed by atoms with van der Waals surface area (Å²) in [4.78, 5) is 25.6. The van der Waals surface area contributed by atoms with Crippen LogP contribution in [0.2, 0.25) is 0 Å². The monoisotopic (exact) mass is 428 g/mol. The van der Waals surface area contributed by atoms with Gasteiger partial charge in [-0.1, -0.05) is 51.0 Å². The van der Waals surface area contributed by atoms with Crippen LogP contribution < -0.4 is 10.6 Å². The van der Waals surface area contributed by atoms with Crippen molar-refractivity contribution in [3.05, 3.63) is 60.2 Å². The Bertz CT molecular complexity index is 997. The van der Waals surface area contributed by atoms with Crippen molar-refractivity contribution < 1.29 is 18.0 Å². The molecule has 0 bridgehead atoms. The number of nitrogens with one attached hydrogen (secondary N) is 2. The van der Waals surface area contributed by atoms with Gasteiger partial charge in [0.15, 0.2) is 9.84 Å². The minimum absolute atomic E-state index is 0.150. The van der Waals surface area contributed by atoms with E-state index < -0.39 is 15.9 Å². The Morgan fingerprint density at radius 2 is 1.63 bits per heavy atom. The van der Waals surface area contributed by atoms with Crippen LogP contribution in [0.5, 0.6) is 0 Å². The lowest BCUT2D eigenvalue weighted by atomic mass is 10.0. The molecule has 0 heterocycles. The van der Waals surface area contributed by atoms with Crippen LogP contribution in [0.3, 0.4) is 0 Å². The van der Waals surface area contributed by atoms with Crippen LogP contribution in [0.1, 0.15) is 49.9 Å². The molecule has 7 heteroatoms. The van der Waals surface area contributed by atoms with Crippen molar-refractivity contribution in [1.29, 1.82) is 0 Å². The highest BCUT2D eigenvalue weighted by Crippen LogP contribution is 2.30. The second kappa shape index (κ2) is 9.43. The maximum atomic E-state index is 12.9. The van der Waals surface area contributed by atoms with E-state index in [9.17, 15) is 18.0 Å². The molecular weight excluding hydrogens is 400 g/mol. The van der Waals surface area contributed by atoms with Crippen LogP contribution in [-0.2, 0) is 14.6 Å². The van der Waals surface area contributed by atoms with Crippen LogP contribution >= 0.6 is 0 Å². The highest BCUT2D eigenvalue weighted by molar-refractivity contribution is 7.92. The van der Waals surface area contributed by atoms with E-state index in [0.717, 1.165) is 12.8 Å². The predicted molar refractivity (Wildman–Crippen MR) is 117 cm³/mol. The van der Waals surface area contributed by atoms with Gasteiger partial charge in [-0.25, -0.2) is 8.42 Å². The summed E-state index contributed by atoms with van der Waals surface area (Å²) in [5.41, 5.74) is 0.874. The molecule has 2 aromatic rings. The second-order valence-electron chi connectivity index (χ2n) is 8.03. The number of carbonyl (C=O) groups is 2. The zero-order chi connectivity index (χ0) is 21.7. The minimum Gasteiger partial charge on any atom is -0.340 e. The highest BCUT2D eigenvalue weighted by Gasteiger charge is 2.31. The first-order valence-electron chi connectivity index (χ1n) is 10.3. The molecule has 30 heavy (non-hydrogen) atoms. The van der Waals surface area contributed by atoms with Crippen LogP contribution in [0.4, 0.5) is 5.69 Å². The number of hydrogen-bond acceptors (Lipinski definition) is 4. The number of carbonyl (C=O) groups excluding carboxylic acids is 2. The SMILES string of the molecule is CC(C)C(NC(=O)c1ccccc1)C(=O)Nc1cccc(S(=O)(=O)C2CCCC2)c1. The van der Waals surface area contributed by atoms with Gasteiger partial charge in [-0.2, -0.15) is 0 Å². The Morgan fingerprint density at radius 1 is 0.967 bits per heavy atom. The van der Waals surface area contributed by atoms with E-state index in [1.165, 1.54) is 6.07 Å². The third-order valence-corrected chi connectivity index (χ3v) is 7.70. The molecule has 0 aliphatic heterocycles. The van der Waals surface area contributed by atoms with Crippen molar-refractivity contribution in [2.45, 2.75) is 55.7 Å². The van der Waals surface area contributed by atoms with E-state index in [4.69, 9.17) is 0 Å². The van der Waals surface area contributed by atoms with Crippen LogP contribution in [-0.4, -0.2) is 31.5 Å². The number of anilines is 1. The molecular formula is C23H28N2O4S. The van der Waals surface area contributed by atoms with Gasteiger partial charge in [-0.05, 0) is 49.1 Å². The third kappa shape index (κ3) is 5.08. The zero-order valence-corrected chi connectivity index (χ0v) is 18.1. The smallest absolute Gasteiger partial charge is 0.251 e. The van der Waals surface area contributed by atoms with E-state index >= 15 is 0 Å². The maximum Gasteiger partial charge on any atom is 0.251 e. The molecule has 1 atom stereocenters. The lowest BCUT2D eigenvalue weighted by Gasteiger charge is -2.22. The van der Waals surface area contributed by atoms with Crippen molar-refractivity contribution >= 4 is 27.3 Å². The average molecular weight is 429 g/mol. The first-order valence-corrected chi connectivity index (χ1v) is 11.8. The lowest BCUT2D eigenvalue weighted by molar-refractivity contribution is -0.118. The molecule has 0 radical (unpaired) electrons. The molecule has 2 aromatic carbocycles. The van der Waals surface area contributed by atoms with Gasteiger partial charge in [-0.15, -0.1) is 0 Å². The molecule has 2 amide bonds. The summed E-state index contributed by atoms with van der Waals surface area (Å²) >= 11 is 0. The van der Waals surface area contributed by atoms with Crippen molar-refractivity contribution in [3.63, 3.8) is 0 Å². The molecule has 0 saturated heterocycles. The molecule has 0 spiro atoms. The van der Waals surface area contributed by atoms with Crippen molar-refractivity contribution in [3.8, 4) is 0 Å². The zero-order valence-electron chi connectivity index (χ0n) is 17.3. The molecule has 1 fully saturated rings. The Balaban J connectivity index is 1.74. The first-order chi connectivity index (χ1) is 14.3. The Hall–Kier alpha value is -2.67. The number of benzene rings is 2. The largest absolute Gasteiger partial charge is 0.340 e. The summed E-state index contributed by atoms with van der Waals surface area (Å²) in [6.45, 7) is 3.69. The van der Waals surface area contributed by atoms with Crippen LogP contribution in [0.25, 0.3) is 0 Å². The normalized spacial score (nSPS) is 15.7. The highest BCUT2D eigenvalue weighted by atomic mass is 32.2. The lowest BCUT2D eigenvalue weighted by Crippen LogP contribution is -2.47. The third-order valence-electron chi connectivity index (χ3n) is 5.44. The van der Waals surface area contributed by atoms with Gasteiger partial charge in [-0.3, -0.25) is 9.59 Å². The van der Waals surface area contributed by atoms with Gasteiger partial charge >= 0.3 is 0 Å². The van der Waals surface area contributed by atoms with Crippen LogP contribution in [0.15, 0.2) is 59.5 Å². The summed E-state index contributed by atoms with van der Waals surface area (Å²) in [7, 11) is -3.41. The summed E-state index contributed by atoms with van der Waals surface area (Å²) in [5, 5.41) is 5.19. The Morgan fingerprint density at radius 3 is 2.27 bits per heavy atom. The van der Waals surface area contributed by atoms with Gasteiger partial charge < -0.3 is 10.6 Å². The fourth-order valence-electron chi connectivity index (χ4n) is 3.71. The molecule has 1 aliphatic rings. The fourth-order valence-corrected chi connectivity index (χ4v) is 5.61. The van der Waals surface area contributed by atoms with Gasteiger partial charge in [0.25, 0.3) is 5.91 Å². The molecule has 1 aliphatic carbocycles. The number of hydrogen-bond donors (Lipinski definition) is 2. The number of sulfone groups is 1. The van der Waals surface area contributed by atoms with Crippen molar-refractivity contribution in [2.24, 2.45) is 5.92 Å². The molecule has 1 saturated carbocycles. The molecule has 0 aromatic heterocycles. The summed E-state index contributed by atoms with van der Waals surface area (Å²) in [6, 6.07) is 14.3. The fraction of sp³-hybridized carbons (Fsp3) is 0.391.